The van der Waals surface area contributed by atoms with E-state index in [0.29, 0.717) is 13.0 Å². The summed E-state index contributed by atoms with van der Waals surface area (Å²) in [7, 11) is 0. The van der Waals surface area contributed by atoms with Gasteiger partial charge >= 0.3 is 12.1 Å². The number of amides is 1. The number of hydrogen-bond donors (Lipinski definition) is 1. The largest absolute Gasteiger partial charge is 0.481 e. The van der Waals surface area contributed by atoms with Crippen LogP contribution in [0.3, 0.4) is 0 Å². The Morgan fingerprint density at radius 1 is 1.35 bits per heavy atom. The number of nitrogens with zero attached hydrogens (tertiary/aromatic N) is 1. The lowest BCUT2D eigenvalue weighted by Gasteiger charge is -2.44. The number of ether oxygens (including phenoxy) is 1. The van der Waals surface area contributed by atoms with Gasteiger partial charge in [0.15, 0.2) is 0 Å². The van der Waals surface area contributed by atoms with Gasteiger partial charge in [-0.15, -0.1) is 0 Å². The molecule has 6 heteroatoms. The number of Topliss-reactive ketones (excluding diaryl/α,β-unsaturated/α-hetero) is 1. The molecule has 1 atom stereocenters. The first-order chi connectivity index (χ1) is 9.16. The summed E-state index contributed by atoms with van der Waals surface area (Å²) in [5.41, 5.74) is -1.72. The minimum absolute atomic E-state index is 0.0201. The fraction of sp³-hybridized carbons (Fsp3) is 0.786. The standard InChI is InChI=1S/C14H21NO5/c1-13(2,3)20-12(19)15-6-4-5-10(15)14(11(17)18)7-9(16)8-14/h10H,4-8H2,1-3H3,(H,17,18). The van der Waals surface area contributed by atoms with Gasteiger partial charge in [-0.3, -0.25) is 9.59 Å². The number of rotatable bonds is 2. The molecule has 1 saturated heterocycles. The molecule has 0 spiro atoms. The number of carbonyl (C=O) groups excluding carboxylic acids is 2. The average Bonchev–Trinajstić information content (AvgIpc) is 2.70. The van der Waals surface area contributed by atoms with Crippen molar-refractivity contribution in [2.45, 2.75) is 58.1 Å². The predicted octanol–water partition coefficient (Wildman–Crippen LogP) is 1.82. The molecule has 2 fully saturated rings. The molecule has 2 rings (SSSR count). The SMILES string of the molecule is CC(C)(C)OC(=O)N1CCCC1C1(C(=O)O)CC(=O)C1. The van der Waals surface area contributed by atoms with E-state index >= 15 is 0 Å². The molecular weight excluding hydrogens is 262 g/mol. The number of ketones is 1. The molecule has 2 aliphatic rings. The monoisotopic (exact) mass is 283 g/mol. The first-order valence-electron chi connectivity index (χ1n) is 6.90. The summed E-state index contributed by atoms with van der Waals surface area (Å²) in [4.78, 5) is 36.5. The second-order valence-corrected chi connectivity index (χ2v) is 6.69. The van der Waals surface area contributed by atoms with Crippen molar-refractivity contribution >= 4 is 17.8 Å². The molecule has 0 bridgehead atoms. The van der Waals surface area contributed by atoms with Crippen LogP contribution in [0.1, 0.15) is 46.5 Å². The Balaban J connectivity index is 2.17. The normalized spacial score (nSPS) is 25.2. The number of carbonyl (C=O) groups is 3. The van der Waals surface area contributed by atoms with Gasteiger partial charge in [-0.1, -0.05) is 0 Å². The van der Waals surface area contributed by atoms with E-state index in [1.165, 1.54) is 4.90 Å². The Morgan fingerprint density at radius 2 is 1.95 bits per heavy atom. The third-order valence-electron chi connectivity index (χ3n) is 3.97. The average molecular weight is 283 g/mol. The molecule has 0 aromatic rings. The Hall–Kier alpha value is -1.59. The Morgan fingerprint density at radius 3 is 2.40 bits per heavy atom. The Bertz CT molecular complexity index is 443. The second-order valence-electron chi connectivity index (χ2n) is 6.69. The van der Waals surface area contributed by atoms with Gasteiger partial charge in [0.2, 0.25) is 0 Å². The Kier molecular flexibility index (Phi) is 3.52. The van der Waals surface area contributed by atoms with E-state index in [2.05, 4.69) is 0 Å². The van der Waals surface area contributed by atoms with Crippen LogP contribution in [0.15, 0.2) is 0 Å². The summed E-state index contributed by atoms with van der Waals surface area (Å²) in [6.07, 6.45) is 0.907. The molecule has 1 aliphatic heterocycles. The van der Waals surface area contributed by atoms with E-state index < -0.39 is 29.1 Å². The van der Waals surface area contributed by atoms with Crippen molar-refractivity contribution in [3.8, 4) is 0 Å². The summed E-state index contributed by atoms with van der Waals surface area (Å²) in [5.74, 6) is -1.04. The topological polar surface area (TPSA) is 83.9 Å². The first-order valence-corrected chi connectivity index (χ1v) is 6.90. The van der Waals surface area contributed by atoms with Crippen LogP contribution >= 0.6 is 0 Å². The highest BCUT2D eigenvalue weighted by Crippen LogP contribution is 2.47. The van der Waals surface area contributed by atoms with Gasteiger partial charge in [0, 0.05) is 19.4 Å². The van der Waals surface area contributed by atoms with Gasteiger partial charge in [0.25, 0.3) is 0 Å². The van der Waals surface area contributed by atoms with Crippen molar-refractivity contribution in [2.75, 3.05) is 6.54 Å². The van der Waals surface area contributed by atoms with Gasteiger partial charge in [-0.2, -0.15) is 0 Å². The van der Waals surface area contributed by atoms with Crippen molar-refractivity contribution in [3.05, 3.63) is 0 Å². The lowest BCUT2D eigenvalue weighted by molar-refractivity contribution is -0.166. The fourth-order valence-electron chi connectivity index (χ4n) is 3.06. The fourth-order valence-corrected chi connectivity index (χ4v) is 3.06. The van der Waals surface area contributed by atoms with Crippen LogP contribution in [0.4, 0.5) is 4.79 Å². The smallest absolute Gasteiger partial charge is 0.410 e. The third-order valence-corrected chi connectivity index (χ3v) is 3.97. The van der Waals surface area contributed by atoms with Crippen LogP contribution in [0, 0.1) is 5.41 Å². The van der Waals surface area contributed by atoms with Crippen LogP contribution in [-0.4, -0.2) is 46.0 Å². The highest BCUT2D eigenvalue weighted by molar-refractivity contribution is 5.98. The van der Waals surface area contributed by atoms with E-state index in [1.54, 1.807) is 20.8 Å². The minimum atomic E-state index is -1.11. The van der Waals surface area contributed by atoms with Gasteiger partial charge in [0.05, 0.1) is 6.04 Å². The van der Waals surface area contributed by atoms with Crippen molar-refractivity contribution in [1.29, 1.82) is 0 Å². The number of hydrogen-bond acceptors (Lipinski definition) is 4. The van der Waals surface area contributed by atoms with Crippen LogP contribution < -0.4 is 0 Å². The van der Waals surface area contributed by atoms with Crippen LogP contribution in [-0.2, 0) is 14.3 Å². The molecule has 1 N–H and O–H groups in total. The number of carboxylic acids is 1. The summed E-state index contributed by atoms with van der Waals surface area (Å²) in [5, 5.41) is 9.46. The summed E-state index contributed by atoms with van der Waals surface area (Å²) in [6, 6.07) is -0.437. The van der Waals surface area contributed by atoms with Crippen molar-refractivity contribution in [3.63, 3.8) is 0 Å². The maximum Gasteiger partial charge on any atom is 0.410 e. The molecule has 6 nitrogen and oxygen atoms in total. The highest BCUT2D eigenvalue weighted by atomic mass is 16.6. The summed E-state index contributed by atoms with van der Waals surface area (Å²) in [6.45, 7) is 5.81. The van der Waals surface area contributed by atoms with Crippen LogP contribution in [0.5, 0.6) is 0 Å². The predicted molar refractivity (Wildman–Crippen MR) is 70.3 cm³/mol. The molecule has 1 amide bonds. The zero-order chi connectivity index (χ0) is 15.1. The van der Waals surface area contributed by atoms with Gasteiger partial charge in [-0.05, 0) is 33.6 Å². The molecule has 1 saturated carbocycles. The third kappa shape index (κ3) is 2.51. The van der Waals surface area contributed by atoms with Gasteiger partial charge in [-0.25, -0.2) is 4.79 Å². The zero-order valence-corrected chi connectivity index (χ0v) is 12.1. The van der Waals surface area contributed by atoms with E-state index in [9.17, 15) is 19.5 Å². The lowest BCUT2D eigenvalue weighted by Crippen LogP contribution is -2.58. The van der Waals surface area contributed by atoms with Crippen LogP contribution in [0.25, 0.3) is 0 Å². The van der Waals surface area contributed by atoms with Crippen LogP contribution in [0.2, 0.25) is 0 Å². The molecule has 0 aromatic heterocycles. The van der Waals surface area contributed by atoms with E-state index in [1.807, 2.05) is 0 Å². The molecule has 112 valence electrons. The maximum atomic E-state index is 12.2. The zero-order valence-electron chi connectivity index (χ0n) is 12.1. The highest BCUT2D eigenvalue weighted by Gasteiger charge is 2.59. The number of aliphatic carboxylic acids is 1. The van der Waals surface area contributed by atoms with Gasteiger partial charge in [0.1, 0.15) is 16.8 Å². The number of likely N-dealkylation sites (tertiary alicyclic amines) is 1. The Labute approximate surface area is 118 Å². The number of carboxylic acid groups (broad SMARTS) is 1. The molecule has 0 aromatic carbocycles. The van der Waals surface area contributed by atoms with Crippen molar-refractivity contribution in [2.24, 2.45) is 5.41 Å². The van der Waals surface area contributed by atoms with E-state index in [4.69, 9.17) is 4.74 Å². The summed E-state index contributed by atoms with van der Waals surface area (Å²) >= 11 is 0. The molecule has 1 heterocycles. The minimum Gasteiger partial charge on any atom is -0.481 e. The molecule has 20 heavy (non-hydrogen) atoms. The van der Waals surface area contributed by atoms with E-state index in [0.717, 1.165) is 6.42 Å². The summed E-state index contributed by atoms with van der Waals surface area (Å²) < 4.78 is 5.33. The quantitative estimate of drug-likeness (QED) is 0.835. The van der Waals surface area contributed by atoms with Crippen molar-refractivity contribution in [1.82, 2.24) is 4.90 Å². The molecule has 0 radical (unpaired) electrons. The van der Waals surface area contributed by atoms with Gasteiger partial charge < -0.3 is 14.7 Å². The lowest BCUT2D eigenvalue weighted by atomic mass is 9.62. The first kappa shape index (κ1) is 14.8. The van der Waals surface area contributed by atoms with E-state index in [-0.39, 0.29) is 18.6 Å². The molecule has 1 aliphatic carbocycles. The molecule has 1 unspecified atom stereocenters. The van der Waals surface area contributed by atoms with Crippen molar-refractivity contribution < 1.29 is 24.2 Å². The maximum absolute atomic E-state index is 12.2. The second kappa shape index (κ2) is 4.75. The molecular formula is C14H21NO5.